The molecule has 0 aliphatic carbocycles. The van der Waals surface area contributed by atoms with Gasteiger partial charge in [-0.25, -0.2) is 0 Å². The first-order chi connectivity index (χ1) is 8.64. The maximum atomic E-state index is 9.77. The quantitative estimate of drug-likeness (QED) is 0.707. The molecule has 1 heterocycles. The van der Waals surface area contributed by atoms with E-state index in [-0.39, 0.29) is 11.5 Å². The van der Waals surface area contributed by atoms with Gasteiger partial charge in [-0.3, -0.25) is 0 Å². The lowest BCUT2D eigenvalue weighted by molar-refractivity contribution is 0.131. The molecule has 0 bridgehead atoms. The van der Waals surface area contributed by atoms with E-state index in [9.17, 15) is 9.59 Å². The Labute approximate surface area is 104 Å². The van der Waals surface area contributed by atoms with Crippen molar-refractivity contribution in [3.05, 3.63) is 48.5 Å². The topological polar surface area (TPSA) is 68.2 Å². The normalized spacial score (nSPS) is 15.9. The van der Waals surface area contributed by atoms with Crippen LogP contribution in [0.3, 0.4) is 0 Å². The molecule has 5 nitrogen and oxygen atoms in total. The molecule has 0 atom stereocenters. The molecule has 2 N–H and O–H groups in total. The van der Waals surface area contributed by atoms with Crippen LogP contribution >= 0.6 is 0 Å². The van der Waals surface area contributed by atoms with Gasteiger partial charge in [0.2, 0.25) is 0 Å². The Morgan fingerprint density at radius 2 is 1.06 bits per heavy atom. The molecule has 1 aliphatic heterocycles. The Balaban J connectivity index is 2.14. The second-order valence-corrected chi connectivity index (χ2v) is 5.25. The van der Waals surface area contributed by atoms with Crippen LogP contribution in [0.4, 0.5) is 0 Å². The van der Waals surface area contributed by atoms with Gasteiger partial charge in [-0.1, -0.05) is 24.3 Å². The minimum atomic E-state index is -4.26. The summed E-state index contributed by atoms with van der Waals surface area (Å²) in [7, 11) is -4.26. The van der Waals surface area contributed by atoms with Gasteiger partial charge < -0.3 is 23.2 Å². The molecule has 0 amide bonds. The number of hydrogen-bond donors (Lipinski definition) is 2. The Morgan fingerprint density at radius 1 is 0.667 bits per heavy atom. The van der Waals surface area contributed by atoms with E-state index in [2.05, 4.69) is 0 Å². The summed E-state index contributed by atoms with van der Waals surface area (Å²) in [5.74, 6) is 1.30. The van der Waals surface area contributed by atoms with E-state index < -0.39 is 9.05 Å². The van der Waals surface area contributed by atoms with Crippen molar-refractivity contribution < 1.29 is 23.2 Å². The molecule has 2 aromatic carbocycles. The van der Waals surface area contributed by atoms with Gasteiger partial charge in [0.05, 0.1) is 0 Å². The molecule has 0 fully saturated rings. The van der Waals surface area contributed by atoms with Crippen molar-refractivity contribution in [3.8, 4) is 23.0 Å². The summed E-state index contributed by atoms with van der Waals surface area (Å²) in [6.45, 7) is 0. The average Bonchev–Trinajstić information content (AvgIpc) is 2.31. The van der Waals surface area contributed by atoms with Crippen molar-refractivity contribution in [2.75, 3.05) is 0 Å². The van der Waals surface area contributed by atoms with Crippen molar-refractivity contribution in [2.24, 2.45) is 0 Å². The van der Waals surface area contributed by atoms with Crippen molar-refractivity contribution in [1.82, 2.24) is 0 Å². The zero-order valence-corrected chi connectivity index (χ0v) is 10.2. The molecule has 0 spiro atoms. The minimum absolute atomic E-state index is 0.240. The first-order valence-electron chi connectivity index (χ1n) is 5.33. The Bertz CT molecular complexity index is 535. The summed E-state index contributed by atoms with van der Waals surface area (Å²) < 4.78 is 15.8. The third-order valence-corrected chi connectivity index (χ3v) is 3.38. The maximum Gasteiger partial charge on any atom is 0.815 e. The van der Waals surface area contributed by atoms with E-state index in [1.54, 1.807) is 48.5 Å². The smallest absolute Gasteiger partial charge is 0.467 e. The number of fused-ring (bicyclic) bond motifs is 2. The highest BCUT2D eigenvalue weighted by atomic mass is 28.4. The number of rotatable bonds is 0. The summed E-state index contributed by atoms with van der Waals surface area (Å²) in [6, 6.07) is 13.5. The molecule has 3 rings (SSSR count). The van der Waals surface area contributed by atoms with Crippen LogP contribution < -0.4 is 13.6 Å². The molecule has 92 valence electrons. The molecule has 6 heteroatoms. The molecule has 0 saturated carbocycles. The van der Waals surface area contributed by atoms with Crippen LogP contribution in [0.15, 0.2) is 48.5 Å². The van der Waals surface area contributed by atoms with Crippen LogP contribution in [0, 0.1) is 0 Å². The summed E-state index contributed by atoms with van der Waals surface area (Å²) in [4.78, 5) is 19.5. The minimum Gasteiger partial charge on any atom is -0.467 e. The SMILES string of the molecule is O[Si]1(O)Oc2ccccc2Oc2ccccc2O1. The zero-order chi connectivity index (χ0) is 12.6. The molecule has 0 radical (unpaired) electrons. The van der Waals surface area contributed by atoms with Gasteiger partial charge in [-0.15, -0.1) is 0 Å². The molecular weight excluding hydrogens is 252 g/mol. The fourth-order valence-corrected chi connectivity index (χ4v) is 2.62. The van der Waals surface area contributed by atoms with Crippen LogP contribution in [0.5, 0.6) is 23.0 Å². The number of para-hydroxylation sites is 4. The molecule has 1 aliphatic rings. The standard InChI is InChI=1S/C12H10O5Si/c13-18(14)16-11-7-3-1-5-9(11)15-10-6-2-4-8-12(10)17-18/h1-8,13-14H. The highest BCUT2D eigenvalue weighted by Crippen LogP contribution is 2.39. The lowest BCUT2D eigenvalue weighted by Gasteiger charge is -2.24. The molecule has 18 heavy (non-hydrogen) atoms. The van der Waals surface area contributed by atoms with Gasteiger partial charge in [0.25, 0.3) is 0 Å². The average molecular weight is 262 g/mol. The van der Waals surface area contributed by atoms with E-state index in [0.29, 0.717) is 11.5 Å². The van der Waals surface area contributed by atoms with Gasteiger partial charge in [0.1, 0.15) is 0 Å². The fourth-order valence-electron chi connectivity index (χ4n) is 1.66. The van der Waals surface area contributed by atoms with E-state index in [4.69, 9.17) is 13.6 Å². The van der Waals surface area contributed by atoms with Crippen molar-refractivity contribution in [3.63, 3.8) is 0 Å². The lowest BCUT2D eigenvalue weighted by atomic mass is 10.3. The van der Waals surface area contributed by atoms with Crippen molar-refractivity contribution >= 4 is 9.05 Å². The molecule has 0 unspecified atom stereocenters. The predicted octanol–water partition coefficient (Wildman–Crippen LogP) is 1.67. The van der Waals surface area contributed by atoms with Crippen molar-refractivity contribution in [2.45, 2.75) is 0 Å². The van der Waals surface area contributed by atoms with E-state index in [1.165, 1.54) is 0 Å². The van der Waals surface area contributed by atoms with Crippen molar-refractivity contribution in [1.29, 1.82) is 0 Å². The van der Waals surface area contributed by atoms with E-state index in [1.807, 2.05) is 0 Å². The highest BCUT2D eigenvalue weighted by Gasteiger charge is 2.45. The monoisotopic (exact) mass is 262 g/mol. The summed E-state index contributed by atoms with van der Waals surface area (Å²) in [5.41, 5.74) is 0. The second-order valence-electron chi connectivity index (χ2n) is 3.75. The Kier molecular flexibility index (Phi) is 2.48. The fraction of sp³-hybridized carbons (Fsp3) is 0. The van der Waals surface area contributed by atoms with Gasteiger partial charge in [-0.2, -0.15) is 0 Å². The number of hydrogen-bond acceptors (Lipinski definition) is 5. The highest BCUT2D eigenvalue weighted by molar-refractivity contribution is 6.52. The van der Waals surface area contributed by atoms with E-state index >= 15 is 0 Å². The van der Waals surface area contributed by atoms with Gasteiger partial charge in [0.15, 0.2) is 23.0 Å². The maximum absolute atomic E-state index is 9.77. The molecule has 0 aromatic heterocycles. The summed E-state index contributed by atoms with van der Waals surface area (Å²) in [5, 5.41) is 0. The second kappa shape index (κ2) is 4.02. The van der Waals surface area contributed by atoms with Gasteiger partial charge >= 0.3 is 9.05 Å². The summed E-state index contributed by atoms with van der Waals surface area (Å²) in [6.07, 6.45) is 0. The first-order valence-corrected chi connectivity index (χ1v) is 7.04. The zero-order valence-electron chi connectivity index (χ0n) is 9.24. The number of benzene rings is 2. The molecule has 0 saturated heterocycles. The summed E-state index contributed by atoms with van der Waals surface area (Å²) >= 11 is 0. The molecular formula is C12H10O5Si. The van der Waals surface area contributed by atoms with Crippen LogP contribution in [-0.2, 0) is 0 Å². The largest absolute Gasteiger partial charge is 0.815 e. The van der Waals surface area contributed by atoms with Crippen LogP contribution in [0.1, 0.15) is 0 Å². The Hall–Kier alpha value is -2.02. The third kappa shape index (κ3) is 2.04. The first kappa shape index (κ1) is 11.1. The molecule has 2 aromatic rings. The Morgan fingerprint density at radius 3 is 1.50 bits per heavy atom. The third-order valence-electron chi connectivity index (χ3n) is 2.40. The van der Waals surface area contributed by atoms with Gasteiger partial charge in [-0.05, 0) is 24.3 Å². The predicted molar refractivity (Wildman–Crippen MR) is 64.4 cm³/mol. The van der Waals surface area contributed by atoms with Crippen LogP contribution in [0.25, 0.3) is 0 Å². The van der Waals surface area contributed by atoms with Gasteiger partial charge in [0, 0.05) is 0 Å². The lowest BCUT2D eigenvalue weighted by Crippen LogP contribution is -2.49. The van der Waals surface area contributed by atoms with E-state index in [0.717, 1.165) is 0 Å². The van der Waals surface area contributed by atoms with Crippen LogP contribution in [0.2, 0.25) is 0 Å². The number of ether oxygens (including phenoxy) is 1. The van der Waals surface area contributed by atoms with Crippen LogP contribution in [-0.4, -0.2) is 18.6 Å².